The molecule has 0 aliphatic heterocycles. The molecule has 0 fully saturated rings. The van der Waals surface area contributed by atoms with Gasteiger partial charge < -0.3 is 9.47 Å². The van der Waals surface area contributed by atoms with Crippen LogP contribution in [-0.2, 0) is 21.7 Å². The first-order valence-electron chi connectivity index (χ1n) is 25.2. The fraction of sp³-hybridized carbons (Fsp3) is 0.586. The van der Waals surface area contributed by atoms with Gasteiger partial charge in [-0.1, -0.05) is 154 Å². The third kappa shape index (κ3) is 42.0. The summed E-state index contributed by atoms with van der Waals surface area (Å²) in [4.78, 5) is 0. The molecule has 0 spiro atoms. The molecule has 2 aliphatic rings. The van der Waals surface area contributed by atoms with Gasteiger partial charge in [0.2, 0.25) is 0 Å². The van der Waals surface area contributed by atoms with E-state index in [1.54, 1.807) is 0 Å². The van der Waals surface area contributed by atoms with Crippen molar-refractivity contribution < 1.29 is 48.8 Å². The summed E-state index contributed by atoms with van der Waals surface area (Å²) in [5.41, 5.74) is 0. The fourth-order valence-corrected chi connectivity index (χ4v) is 6.83. The third-order valence-corrected chi connectivity index (χ3v) is 10.7. The summed E-state index contributed by atoms with van der Waals surface area (Å²) in [6, 6.07) is 8.94. The Hall–Kier alpha value is -3.09. The van der Waals surface area contributed by atoms with Gasteiger partial charge in [0, 0.05) is 23.1 Å². The van der Waals surface area contributed by atoms with Crippen molar-refractivity contribution >= 4 is 0 Å². The number of halogens is 4. The van der Waals surface area contributed by atoms with E-state index in [0.717, 1.165) is 38.5 Å². The molecule has 0 unspecified atom stereocenters. The van der Waals surface area contributed by atoms with E-state index in [1.807, 2.05) is 36.4 Å². The van der Waals surface area contributed by atoms with Gasteiger partial charge in [0.15, 0.2) is 0 Å². The molecule has 0 amide bonds. The molecular formula is C58H84F4O2Ti. The number of rotatable bonds is 34. The normalized spacial score (nSPS) is 12.2. The summed E-state index contributed by atoms with van der Waals surface area (Å²) in [5.74, 6) is -2.72. The average Bonchev–Trinajstić information content (AvgIpc) is 4.09. The van der Waals surface area contributed by atoms with Gasteiger partial charge in [0.25, 0.3) is 0 Å². The van der Waals surface area contributed by atoms with Crippen molar-refractivity contribution in [2.24, 2.45) is 0 Å². The zero-order chi connectivity index (χ0) is 46.2. The van der Waals surface area contributed by atoms with Crippen LogP contribution in [0.5, 0.6) is 11.5 Å². The second-order valence-corrected chi connectivity index (χ2v) is 16.5. The van der Waals surface area contributed by atoms with Gasteiger partial charge in [-0.05, 0) is 64.2 Å². The van der Waals surface area contributed by atoms with E-state index in [2.05, 4.69) is 62.5 Å². The van der Waals surface area contributed by atoms with Crippen LogP contribution >= 0.6 is 0 Å². The van der Waals surface area contributed by atoms with Crippen LogP contribution < -0.4 is 9.47 Å². The maximum atomic E-state index is 13.3. The fourth-order valence-electron chi connectivity index (χ4n) is 6.83. The first-order valence-corrected chi connectivity index (χ1v) is 25.2. The first kappa shape index (κ1) is 61.9. The molecule has 2 nitrogen and oxygen atoms in total. The van der Waals surface area contributed by atoms with Crippen LogP contribution in [0, 0.1) is 47.6 Å². The Morgan fingerprint density at radius 3 is 1.00 bits per heavy atom. The minimum atomic E-state index is -0.750. The largest absolute Gasteiger partial charge is 4.00 e. The number of hydrogen-bond acceptors (Lipinski definition) is 2. The summed E-state index contributed by atoms with van der Waals surface area (Å²) in [6.45, 7) is 5.46. The van der Waals surface area contributed by atoms with Crippen LogP contribution in [0.15, 0.2) is 85.0 Å². The van der Waals surface area contributed by atoms with E-state index >= 15 is 0 Å². The van der Waals surface area contributed by atoms with Crippen LogP contribution in [0.1, 0.15) is 206 Å². The van der Waals surface area contributed by atoms with Crippen molar-refractivity contribution in [1.29, 1.82) is 0 Å². The second kappa shape index (κ2) is 48.8. The molecule has 2 aromatic carbocycles. The third-order valence-electron chi connectivity index (χ3n) is 10.7. The number of hydrogen-bond donors (Lipinski definition) is 0. The molecule has 0 heterocycles. The summed E-state index contributed by atoms with van der Waals surface area (Å²) in [6.07, 6.45) is 64.5. The Kier molecular flexibility index (Phi) is 46.5. The molecule has 0 saturated heterocycles. The predicted octanol–water partition coefficient (Wildman–Crippen LogP) is 19.0. The van der Waals surface area contributed by atoms with Crippen LogP contribution in [0.2, 0.25) is 0 Å². The smallest absolute Gasteiger partial charge is 0.548 e. The zero-order valence-corrected chi connectivity index (χ0v) is 42.1. The summed E-state index contributed by atoms with van der Waals surface area (Å²) < 4.78 is 62.8. The van der Waals surface area contributed by atoms with E-state index in [-0.39, 0.29) is 33.2 Å². The van der Waals surface area contributed by atoms with E-state index in [0.29, 0.717) is 13.2 Å². The summed E-state index contributed by atoms with van der Waals surface area (Å²) >= 11 is 0. The van der Waals surface area contributed by atoms with Crippen molar-refractivity contribution in [3.05, 3.63) is 133 Å². The van der Waals surface area contributed by atoms with Gasteiger partial charge in [0.05, 0.1) is 24.8 Å². The molecule has 0 bridgehead atoms. The molecule has 2 aliphatic carbocycles. The van der Waals surface area contributed by atoms with Gasteiger partial charge in [-0.15, -0.1) is 49.2 Å². The average molecular weight is 937 g/mol. The Labute approximate surface area is 410 Å². The summed E-state index contributed by atoms with van der Waals surface area (Å²) in [7, 11) is 0. The van der Waals surface area contributed by atoms with E-state index in [1.165, 1.54) is 178 Å². The number of allylic oxidation sites excluding steroid dienone is 12. The van der Waals surface area contributed by atoms with E-state index in [9.17, 15) is 17.6 Å². The van der Waals surface area contributed by atoms with Gasteiger partial charge in [-0.2, -0.15) is 12.2 Å². The number of benzene rings is 2. The van der Waals surface area contributed by atoms with Gasteiger partial charge in [-0.25, -0.2) is 41.9 Å². The van der Waals surface area contributed by atoms with Crippen LogP contribution in [0.3, 0.4) is 0 Å². The molecule has 4 rings (SSSR count). The standard InChI is InChI=1S/2C24H37F2O.2C5H5.Ti/c2*1-2-3-4-5-6-7-8-9-10-11-12-13-14-15-16-17-20-27-24-19-18-22(25)21-23(24)26;2*1-2-4-5-3-1;/h2*9-10,18-19H,2-8,11-17,20H2,1H3;2*1-3H,4H2;/q4*-1;+4. The van der Waals surface area contributed by atoms with Crippen molar-refractivity contribution in [1.82, 2.24) is 0 Å². The Balaban J connectivity index is 0.00000102. The molecular weight excluding hydrogens is 852 g/mol. The predicted molar refractivity (Wildman–Crippen MR) is 263 cm³/mol. The topological polar surface area (TPSA) is 18.5 Å². The van der Waals surface area contributed by atoms with Crippen molar-refractivity contribution in [2.45, 2.75) is 206 Å². The van der Waals surface area contributed by atoms with E-state index in [4.69, 9.17) is 9.47 Å². The minimum Gasteiger partial charge on any atom is -0.548 e. The molecule has 7 heteroatoms. The Bertz CT molecular complexity index is 1400. The maximum absolute atomic E-state index is 13.3. The van der Waals surface area contributed by atoms with Crippen LogP contribution in [0.4, 0.5) is 17.6 Å². The number of unbranched alkanes of at least 4 members (excludes halogenated alkanes) is 24. The molecule has 0 atom stereocenters. The number of ether oxygens (including phenoxy) is 2. The molecule has 0 radical (unpaired) electrons. The SMILES string of the molecule is CCCCCCCCC=CCCCCCCCCOc1ccc(F)[c-]c1F.CCCCCCCCC=CCCCCCCCCOc1ccc(F)[c-]c1F.[C-]1=CC=CC1.[C-]1=CC=CC1.[Ti+4]. The molecule has 2 aromatic rings. The van der Waals surface area contributed by atoms with Crippen LogP contribution in [0.25, 0.3) is 0 Å². The van der Waals surface area contributed by atoms with Gasteiger partial charge in [-0.3, -0.25) is 12.2 Å². The monoisotopic (exact) mass is 937 g/mol. The zero-order valence-electron chi connectivity index (χ0n) is 40.5. The van der Waals surface area contributed by atoms with Gasteiger partial charge >= 0.3 is 21.7 Å². The Morgan fingerprint density at radius 2 is 0.738 bits per heavy atom. The molecule has 360 valence electrons. The molecule has 0 aromatic heterocycles. The molecule has 65 heavy (non-hydrogen) atoms. The van der Waals surface area contributed by atoms with Crippen molar-refractivity contribution in [3.8, 4) is 11.5 Å². The first-order chi connectivity index (χ1) is 31.5. The summed E-state index contributed by atoms with van der Waals surface area (Å²) in [5, 5.41) is 0. The van der Waals surface area contributed by atoms with Gasteiger partial charge in [0.1, 0.15) is 0 Å². The van der Waals surface area contributed by atoms with E-state index < -0.39 is 23.3 Å². The molecule has 0 saturated carbocycles. The van der Waals surface area contributed by atoms with Crippen molar-refractivity contribution in [2.75, 3.05) is 13.2 Å². The van der Waals surface area contributed by atoms with Crippen LogP contribution in [-0.4, -0.2) is 13.2 Å². The minimum absolute atomic E-state index is 0. The van der Waals surface area contributed by atoms with Crippen molar-refractivity contribution in [3.63, 3.8) is 0 Å². The second-order valence-electron chi connectivity index (χ2n) is 16.5. The molecule has 0 N–H and O–H groups in total. The quantitative estimate of drug-likeness (QED) is 0.0229. The Morgan fingerprint density at radius 1 is 0.431 bits per heavy atom. The maximum Gasteiger partial charge on any atom is 4.00 e.